The van der Waals surface area contributed by atoms with E-state index in [0.717, 1.165) is 24.9 Å². The monoisotopic (exact) mass is 384 g/mol. The van der Waals surface area contributed by atoms with E-state index in [1.165, 1.54) is 31.4 Å². The number of hydrogen-bond donors (Lipinski definition) is 1. The van der Waals surface area contributed by atoms with Gasteiger partial charge < -0.3 is 20.0 Å². The number of piperidine rings is 1. The molecule has 28 heavy (non-hydrogen) atoms. The second-order valence-electron chi connectivity index (χ2n) is 7.17. The Kier molecular flexibility index (Phi) is 5.55. The molecule has 0 radical (unpaired) electrons. The number of carbonyl (C=O) groups excluding carboxylic acids is 1. The molecule has 7 nitrogen and oxygen atoms in total. The minimum atomic E-state index is -0.319. The molecule has 4 rings (SSSR count). The summed E-state index contributed by atoms with van der Waals surface area (Å²) in [6.45, 7) is 4.67. The van der Waals surface area contributed by atoms with Crippen molar-refractivity contribution in [2.45, 2.75) is 19.3 Å². The van der Waals surface area contributed by atoms with Crippen LogP contribution in [0.2, 0.25) is 0 Å². The van der Waals surface area contributed by atoms with Gasteiger partial charge in [-0.25, -0.2) is 14.2 Å². The van der Waals surface area contributed by atoms with Gasteiger partial charge in [-0.2, -0.15) is 4.98 Å². The summed E-state index contributed by atoms with van der Waals surface area (Å²) < 4.78 is 13.0. The van der Waals surface area contributed by atoms with E-state index in [1.807, 2.05) is 12.3 Å². The summed E-state index contributed by atoms with van der Waals surface area (Å²) >= 11 is 0. The molecule has 3 heterocycles. The molecule has 1 aromatic carbocycles. The number of halogens is 1. The molecule has 8 heteroatoms. The summed E-state index contributed by atoms with van der Waals surface area (Å²) in [7, 11) is 0. The minimum absolute atomic E-state index is 0.164. The van der Waals surface area contributed by atoms with Gasteiger partial charge in [-0.3, -0.25) is 0 Å². The lowest BCUT2D eigenvalue weighted by Crippen LogP contribution is -2.50. The average molecular weight is 384 g/mol. The van der Waals surface area contributed by atoms with Crippen molar-refractivity contribution in [3.8, 4) is 0 Å². The van der Waals surface area contributed by atoms with Crippen LogP contribution >= 0.6 is 0 Å². The van der Waals surface area contributed by atoms with E-state index in [0.29, 0.717) is 31.9 Å². The Morgan fingerprint density at radius 2 is 1.61 bits per heavy atom. The maximum Gasteiger partial charge on any atom is 0.321 e. The molecule has 148 valence electrons. The second kappa shape index (κ2) is 8.41. The molecule has 0 atom stereocenters. The Morgan fingerprint density at radius 3 is 2.32 bits per heavy atom. The molecule has 2 aliphatic rings. The van der Waals surface area contributed by atoms with Gasteiger partial charge in [0.2, 0.25) is 5.95 Å². The molecule has 1 aromatic heterocycles. The molecule has 2 aliphatic heterocycles. The van der Waals surface area contributed by atoms with Crippen LogP contribution in [-0.2, 0) is 0 Å². The van der Waals surface area contributed by atoms with Crippen molar-refractivity contribution in [2.75, 3.05) is 54.4 Å². The summed E-state index contributed by atoms with van der Waals surface area (Å²) in [4.78, 5) is 27.8. The topological polar surface area (TPSA) is 64.6 Å². The Bertz CT molecular complexity index is 801. The lowest BCUT2D eigenvalue weighted by atomic mass is 10.1. The van der Waals surface area contributed by atoms with Crippen LogP contribution in [0.15, 0.2) is 36.5 Å². The molecule has 0 unspecified atom stereocenters. The minimum Gasteiger partial charge on any atom is -0.353 e. The summed E-state index contributed by atoms with van der Waals surface area (Å²) in [5.41, 5.74) is 0.593. The number of aromatic nitrogens is 2. The number of hydrogen-bond acceptors (Lipinski definition) is 5. The van der Waals surface area contributed by atoms with Crippen molar-refractivity contribution < 1.29 is 9.18 Å². The van der Waals surface area contributed by atoms with E-state index in [9.17, 15) is 9.18 Å². The van der Waals surface area contributed by atoms with E-state index >= 15 is 0 Å². The Hall–Kier alpha value is -2.90. The number of carbonyl (C=O) groups is 1. The highest BCUT2D eigenvalue weighted by atomic mass is 19.1. The fraction of sp³-hybridized carbons (Fsp3) is 0.450. The Balaban J connectivity index is 1.33. The van der Waals surface area contributed by atoms with Gasteiger partial charge in [0.05, 0.1) is 0 Å². The van der Waals surface area contributed by atoms with E-state index in [1.54, 1.807) is 17.0 Å². The summed E-state index contributed by atoms with van der Waals surface area (Å²) in [5.74, 6) is 1.39. The number of benzene rings is 1. The van der Waals surface area contributed by atoms with Gasteiger partial charge in [0, 0.05) is 51.2 Å². The van der Waals surface area contributed by atoms with E-state index < -0.39 is 0 Å². The average Bonchev–Trinajstić information content (AvgIpc) is 2.76. The smallest absolute Gasteiger partial charge is 0.321 e. The highest BCUT2D eigenvalue weighted by Gasteiger charge is 2.23. The zero-order valence-electron chi connectivity index (χ0n) is 15.9. The van der Waals surface area contributed by atoms with Crippen LogP contribution in [0.1, 0.15) is 19.3 Å². The van der Waals surface area contributed by atoms with Crippen molar-refractivity contribution in [2.24, 2.45) is 0 Å². The Labute approximate surface area is 164 Å². The molecule has 1 N–H and O–H groups in total. The van der Waals surface area contributed by atoms with Crippen LogP contribution in [0.3, 0.4) is 0 Å². The predicted octanol–water partition coefficient (Wildman–Crippen LogP) is 2.96. The lowest BCUT2D eigenvalue weighted by molar-refractivity contribution is 0.208. The lowest BCUT2D eigenvalue weighted by Gasteiger charge is -2.35. The van der Waals surface area contributed by atoms with Gasteiger partial charge in [0.15, 0.2) is 0 Å². The van der Waals surface area contributed by atoms with Gasteiger partial charge in [0.1, 0.15) is 11.6 Å². The molecule has 0 bridgehead atoms. The number of amides is 2. The first-order chi connectivity index (χ1) is 13.7. The van der Waals surface area contributed by atoms with Crippen LogP contribution in [0.5, 0.6) is 0 Å². The Morgan fingerprint density at radius 1 is 0.893 bits per heavy atom. The summed E-state index contributed by atoms with van der Waals surface area (Å²) in [6, 6.07) is 7.56. The standard InChI is InChI=1S/C20H25FN6O/c21-16-4-6-17(7-5-16)23-20(28)27-14-12-25(13-15-27)18-8-9-22-19(24-18)26-10-2-1-3-11-26/h4-9H,1-3,10-15H2,(H,23,28). The fourth-order valence-corrected chi connectivity index (χ4v) is 3.64. The molecule has 2 aromatic rings. The van der Waals surface area contributed by atoms with Crippen molar-refractivity contribution in [3.63, 3.8) is 0 Å². The number of nitrogens with zero attached hydrogens (tertiary/aromatic N) is 5. The first-order valence-electron chi connectivity index (χ1n) is 9.83. The van der Waals surface area contributed by atoms with Gasteiger partial charge in [-0.1, -0.05) is 0 Å². The van der Waals surface area contributed by atoms with Crippen LogP contribution in [-0.4, -0.2) is 60.2 Å². The molecule has 2 saturated heterocycles. The van der Waals surface area contributed by atoms with Crippen LogP contribution in [0.4, 0.5) is 26.6 Å². The summed E-state index contributed by atoms with van der Waals surface area (Å²) in [5, 5.41) is 2.82. The van der Waals surface area contributed by atoms with Crippen molar-refractivity contribution >= 4 is 23.5 Å². The third-order valence-electron chi connectivity index (χ3n) is 5.25. The van der Waals surface area contributed by atoms with Gasteiger partial charge >= 0.3 is 6.03 Å². The quantitative estimate of drug-likeness (QED) is 0.881. The maximum absolute atomic E-state index is 13.0. The maximum atomic E-state index is 13.0. The van der Waals surface area contributed by atoms with Gasteiger partial charge in [-0.15, -0.1) is 0 Å². The number of urea groups is 1. The van der Waals surface area contributed by atoms with Gasteiger partial charge in [-0.05, 0) is 49.6 Å². The summed E-state index contributed by atoms with van der Waals surface area (Å²) in [6.07, 6.45) is 5.48. The molecule has 0 saturated carbocycles. The van der Waals surface area contributed by atoms with Crippen LogP contribution in [0.25, 0.3) is 0 Å². The van der Waals surface area contributed by atoms with Gasteiger partial charge in [0.25, 0.3) is 0 Å². The largest absolute Gasteiger partial charge is 0.353 e. The van der Waals surface area contributed by atoms with E-state index in [-0.39, 0.29) is 11.8 Å². The molecule has 2 fully saturated rings. The molecule has 2 amide bonds. The first-order valence-corrected chi connectivity index (χ1v) is 9.83. The normalized spacial score (nSPS) is 17.5. The zero-order valence-corrected chi connectivity index (χ0v) is 15.9. The highest BCUT2D eigenvalue weighted by Crippen LogP contribution is 2.20. The highest BCUT2D eigenvalue weighted by molar-refractivity contribution is 5.89. The van der Waals surface area contributed by atoms with Crippen molar-refractivity contribution in [3.05, 3.63) is 42.3 Å². The van der Waals surface area contributed by atoms with Crippen molar-refractivity contribution in [1.82, 2.24) is 14.9 Å². The first kappa shape index (κ1) is 18.5. The SMILES string of the molecule is O=C(Nc1ccc(F)cc1)N1CCN(c2ccnc(N3CCCCC3)n2)CC1. The third-order valence-corrected chi connectivity index (χ3v) is 5.25. The number of anilines is 3. The molecule has 0 spiro atoms. The fourth-order valence-electron chi connectivity index (χ4n) is 3.64. The molecular weight excluding hydrogens is 359 g/mol. The number of piperazine rings is 1. The molecule has 0 aliphatic carbocycles. The van der Waals surface area contributed by atoms with E-state index in [2.05, 4.69) is 20.1 Å². The molecular formula is C20H25FN6O. The zero-order chi connectivity index (χ0) is 19.3. The number of rotatable bonds is 3. The van der Waals surface area contributed by atoms with Crippen LogP contribution < -0.4 is 15.1 Å². The van der Waals surface area contributed by atoms with E-state index in [4.69, 9.17) is 4.98 Å². The second-order valence-corrected chi connectivity index (χ2v) is 7.17. The third kappa shape index (κ3) is 4.32. The number of nitrogens with one attached hydrogen (secondary N) is 1. The predicted molar refractivity (Wildman–Crippen MR) is 107 cm³/mol. The van der Waals surface area contributed by atoms with Crippen LogP contribution in [0, 0.1) is 5.82 Å². The van der Waals surface area contributed by atoms with Crippen molar-refractivity contribution in [1.29, 1.82) is 0 Å².